The highest BCUT2D eigenvalue weighted by Crippen LogP contribution is 2.36. The molecule has 1 fully saturated rings. The highest BCUT2D eigenvalue weighted by molar-refractivity contribution is 7.13. The van der Waals surface area contributed by atoms with Gasteiger partial charge < -0.3 is 19.5 Å². The molecule has 0 saturated heterocycles. The minimum atomic E-state index is 0.0130. The number of fused-ring (bicyclic) bond motifs is 1. The number of urea groups is 1. The molecule has 2 aromatic heterocycles. The molecule has 0 spiro atoms. The molecule has 154 valence electrons. The first-order chi connectivity index (χ1) is 14.2. The van der Waals surface area contributed by atoms with E-state index in [0.29, 0.717) is 25.7 Å². The van der Waals surface area contributed by atoms with Crippen LogP contribution in [0.1, 0.15) is 31.2 Å². The number of ether oxygens (including phenoxy) is 1. The van der Waals surface area contributed by atoms with Crippen LogP contribution < -0.4 is 5.32 Å². The van der Waals surface area contributed by atoms with Gasteiger partial charge in [-0.15, -0.1) is 11.3 Å². The molecular formula is C23H29N3O2S. The van der Waals surface area contributed by atoms with Crippen molar-refractivity contribution in [1.82, 2.24) is 14.8 Å². The van der Waals surface area contributed by atoms with Crippen molar-refractivity contribution in [1.29, 1.82) is 0 Å². The Morgan fingerprint density at radius 1 is 1.24 bits per heavy atom. The van der Waals surface area contributed by atoms with Gasteiger partial charge in [-0.3, -0.25) is 0 Å². The number of nitrogens with one attached hydrogen (secondary N) is 1. The number of hydrogen-bond donors (Lipinski definition) is 1. The number of amides is 2. The van der Waals surface area contributed by atoms with Crippen LogP contribution in [-0.2, 0) is 18.3 Å². The third-order valence-electron chi connectivity index (χ3n) is 5.85. The van der Waals surface area contributed by atoms with E-state index in [4.69, 9.17) is 4.74 Å². The number of hydrogen-bond acceptors (Lipinski definition) is 3. The summed E-state index contributed by atoms with van der Waals surface area (Å²) in [5.74, 6) is 0. The Morgan fingerprint density at radius 3 is 2.76 bits per heavy atom. The van der Waals surface area contributed by atoms with E-state index in [0.717, 1.165) is 12.8 Å². The fourth-order valence-corrected chi connectivity index (χ4v) is 5.17. The van der Waals surface area contributed by atoms with Gasteiger partial charge >= 0.3 is 6.03 Å². The molecule has 0 atom stereocenters. The number of carbonyl (C=O) groups excluding carboxylic acids is 1. The first kappa shape index (κ1) is 20.0. The molecule has 6 heteroatoms. The lowest BCUT2D eigenvalue weighted by atomic mass is 10.1. The summed E-state index contributed by atoms with van der Waals surface area (Å²) in [5.41, 5.74) is 3.58. The Balaban J connectivity index is 1.69. The van der Waals surface area contributed by atoms with Gasteiger partial charge in [0.05, 0.1) is 23.7 Å². The molecule has 1 aromatic carbocycles. The Labute approximate surface area is 176 Å². The predicted octanol–water partition coefficient (Wildman–Crippen LogP) is 5.01. The maximum absolute atomic E-state index is 13.1. The van der Waals surface area contributed by atoms with Gasteiger partial charge in [0, 0.05) is 43.2 Å². The molecule has 1 aliphatic carbocycles. The van der Waals surface area contributed by atoms with E-state index < -0.39 is 0 Å². The number of aromatic nitrogens is 1. The number of benzene rings is 1. The first-order valence-electron chi connectivity index (χ1n) is 10.3. The normalized spacial score (nSPS) is 14.6. The molecule has 29 heavy (non-hydrogen) atoms. The van der Waals surface area contributed by atoms with Crippen molar-refractivity contribution >= 4 is 28.3 Å². The second-order valence-corrected chi connectivity index (χ2v) is 8.67. The van der Waals surface area contributed by atoms with Crippen LogP contribution in [0.4, 0.5) is 4.79 Å². The molecule has 0 aliphatic heterocycles. The molecule has 1 aliphatic rings. The summed E-state index contributed by atoms with van der Waals surface area (Å²) < 4.78 is 7.55. The smallest absolute Gasteiger partial charge is 0.317 e. The summed E-state index contributed by atoms with van der Waals surface area (Å²) >= 11 is 1.73. The van der Waals surface area contributed by atoms with Crippen LogP contribution in [0.15, 0.2) is 41.8 Å². The summed E-state index contributed by atoms with van der Waals surface area (Å²) in [5, 5.41) is 6.55. The summed E-state index contributed by atoms with van der Waals surface area (Å²) in [6.45, 7) is 1.66. The highest BCUT2D eigenvalue weighted by Gasteiger charge is 2.24. The molecule has 2 heterocycles. The molecule has 1 saturated carbocycles. The van der Waals surface area contributed by atoms with Gasteiger partial charge in [-0.05, 0) is 30.4 Å². The van der Waals surface area contributed by atoms with Crippen LogP contribution in [-0.4, -0.2) is 41.8 Å². The van der Waals surface area contributed by atoms with Crippen LogP contribution in [0, 0.1) is 0 Å². The van der Waals surface area contributed by atoms with Gasteiger partial charge in [0.1, 0.15) is 0 Å². The molecule has 0 bridgehead atoms. The van der Waals surface area contributed by atoms with Crippen LogP contribution in [0.2, 0.25) is 0 Å². The minimum absolute atomic E-state index is 0.0130. The molecule has 3 aromatic rings. The van der Waals surface area contributed by atoms with Crippen molar-refractivity contribution in [3.05, 3.63) is 47.3 Å². The van der Waals surface area contributed by atoms with Crippen molar-refractivity contribution < 1.29 is 9.53 Å². The largest absolute Gasteiger partial charge is 0.383 e. The second-order valence-electron chi connectivity index (χ2n) is 7.73. The summed E-state index contributed by atoms with van der Waals surface area (Å²) in [4.78, 5) is 16.2. The lowest BCUT2D eigenvalue weighted by Gasteiger charge is -2.25. The number of aryl methyl sites for hydroxylation is 1. The van der Waals surface area contributed by atoms with Gasteiger partial charge in [0.15, 0.2) is 0 Å². The molecular weight excluding hydrogens is 382 g/mol. The van der Waals surface area contributed by atoms with Crippen molar-refractivity contribution in [2.75, 3.05) is 20.3 Å². The number of nitrogens with zero attached hydrogens (tertiary/aromatic N) is 2. The lowest BCUT2D eigenvalue weighted by molar-refractivity contribution is 0.145. The van der Waals surface area contributed by atoms with E-state index in [1.54, 1.807) is 18.4 Å². The maximum atomic E-state index is 13.1. The van der Waals surface area contributed by atoms with E-state index in [-0.39, 0.29) is 6.03 Å². The Bertz CT molecular complexity index is 958. The number of para-hydroxylation sites is 1. The van der Waals surface area contributed by atoms with E-state index in [2.05, 4.69) is 58.7 Å². The van der Waals surface area contributed by atoms with Gasteiger partial charge in [0.25, 0.3) is 0 Å². The number of rotatable bonds is 7. The molecule has 0 radical (unpaired) electrons. The third-order valence-corrected chi connectivity index (χ3v) is 6.73. The second kappa shape index (κ2) is 9.01. The number of thiophene rings is 1. The highest BCUT2D eigenvalue weighted by atomic mass is 32.1. The van der Waals surface area contributed by atoms with Gasteiger partial charge in [-0.25, -0.2) is 4.79 Å². The first-order valence-corrected chi connectivity index (χ1v) is 11.2. The van der Waals surface area contributed by atoms with Crippen LogP contribution in [0.25, 0.3) is 21.5 Å². The maximum Gasteiger partial charge on any atom is 0.317 e. The van der Waals surface area contributed by atoms with Crippen molar-refractivity contribution in [2.24, 2.45) is 7.05 Å². The van der Waals surface area contributed by atoms with Crippen LogP contribution in [0.5, 0.6) is 0 Å². The summed E-state index contributed by atoms with van der Waals surface area (Å²) in [7, 11) is 3.79. The molecule has 4 rings (SSSR count). The summed E-state index contributed by atoms with van der Waals surface area (Å²) in [6.07, 6.45) is 4.57. The van der Waals surface area contributed by atoms with Gasteiger partial charge in [-0.1, -0.05) is 37.1 Å². The predicted molar refractivity (Wildman–Crippen MR) is 119 cm³/mol. The quantitative estimate of drug-likeness (QED) is 0.594. The number of carbonyl (C=O) groups is 1. The molecule has 0 unspecified atom stereocenters. The SMILES string of the molecule is COCCN(Cc1c(-c2cccs2)n(C)c2ccccc12)C(=O)NC1CCCC1. The van der Waals surface area contributed by atoms with Gasteiger partial charge in [0.2, 0.25) is 0 Å². The Kier molecular flexibility index (Phi) is 6.21. The third kappa shape index (κ3) is 4.19. The van der Waals surface area contributed by atoms with E-state index in [9.17, 15) is 4.79 Å². The number of methoxy groups -OCH3 is 1. The van der Waals surface area contributed by atoms with E-state index in [1.165, 1.54) is 39.9 Å². The molecule has 1 N–H and O–H groups in total. The van der Waals surface area contributed by atoms with Crippen molar-refractivity contribution in [2.45, 2.75) is 38.3 Å². The fourth-order valence-electron chi connectivity index (χ4n) is 4.34. The molecule has 2 amide bonds. The zero-order valence-corrected chi connectivity index (χ0v) is 18.0. The zero-order valence-electron chi connectivity index (χ0n) is 17.2. The lowest BCUT2D eigenvalue weighted by Crippen LogP contribution is -2.44. The molecule has 5 nitrogen and oxygen atoms in total. The van der Waals surface area contributed by atoms with E-state index >= 15 is 0 Å². The minimum Gasteiger partial charge on any atom is -0.383 e. The standard InChI is InChI=1S/C23H29N3O2S/c1-25-20-11-6-5-10-18(20)19(22(25)21-12-7-15-29-21)16-26(13-14-28-2)23(27)24-17-8-3-4-9-17/h5-7,10-12,15,17H,3-4,8-9,13-14,16H2,1-2H3,(H,24,27). The zero-order chi connectivity index (χ0) is 20.2. The average molecular weight is 412 g/mol. The van der Waals surface area contributed by atoms with Crippen LogP contribution >= 0.6 is 11.3 Å². The van der Waals surface area contributed by atoms with Crippen molar-refractivity contribution in [3.8, 4) is 10.6 Å². The van der Waals surface area contributed by atoms with Crippen molar-refractivity contribution in [3.63, 3.8) is 0 Å². The monoisotopic (exact) mass is 411 g/mol. The Morgan fingerprint density at radius 2 is 2.03 bits per heavy atom. The topological polar surface area (TPSA) is 46.5 Å². The average Bonchev–Trinajstić information content (AvgIpc) is 3.47. The van der Waals surface area contributed by atoms with Crippen LogP contribution in [0.3, 0.4) is 0 Å². The fraction of sp³-hybridized carbons (Fsp3) is 0.435. The van der Waals surface area contributed by atoms with E-state index in [1.807, 2.05) is 4.90 Å². The summed E-state index contributed by atoms with van der Waals surface area (Å²) in [6, 6.07) is 13.0. The van der Waals surface area contributed by atoms with Gasteiger partial charge in [-0.2, -0.15) is 0 Å². The Hall–Kier alpha value is -2.31.